The molecule has 14 heavy (non-hydrogen) atoms. The van der Waals surface area contributed by atoms with E-state index in [2.05, 4.69) is 15.9 Å². The standard InChI is InChI=1S/C7H4BrF3O2S/c8-5-2-7(10)6(9)1-4(5)3-14(11,12)13/h1-2H,3H2. The SMILES string of the molecule is O=S(=O)(F)Cc1cc(F)c(F)cc1Br. The van der Waals surface area contributed by atoms with Crippen LogP contribution in [0.5, 0.6) is 0 Å². The van der Waals surface area contributed by atoms with E-state index in [1.54, 1.807) is 0 Å². The molecule has 0 aliphatic heterocycles. The molecule has 0 fully saturated rings. The molecule has 2 nitrogen and oxygen atoms in total. The Morgan fingerprint density at radius 2 is 1.71 bits per heavy atom. The first-order chi connectivity index (χ1) is 6.29. The third-order valence-electron chi connectivity index (χ3n) is 1.42. The Morgan fingerprint density at radius 3 is 2.21 bits per heavy atom. The first kappa shape index (κ1) is 11.5. The van der Waals surface area contributed by atoms with Crippen molar-refractivity contribution in [1.82, 2.24) is 0 Å². The van der Waals surface area contributed by atoms with Gasteiger partial charge in [-0.05, 0) is 17.7 Å². The molecule has 0 saturated heterocycles. The molecule has 0 atom stereocenters. The van der Waals surface area contributed by atoms with E-state index in [0.717, 1.165) is 6.07 Å². The molecule has 0 radical (unpaired) electrons. The number of benzene rings is 1. The Balaban J connectivity index is 3.17. The van der Waals surface area contributed by atoms with Gasteiger partial charge in [-0.25, -0.2) is 8.78 Å². The summed E-state index contributed by atoms with van der Waals surface area (Å²) in [6.45, 7) is 0. The summed E-state index contributed by atoms with van der Waals surface area (Å²) < 4.78 is 57.9. The van der Waals surface area contributed by atoms with E-state index in [4.69, 9.17) is 0 Å². The Labute approximate surface area is 87.1 Å². The molecule has 0 amide bonds. The van der Waals surface area contributed by atoms with Gasteiger partial charge >= 0.3 is 10.2 Å². The lowest BCUT2D eigenvalue weighted by atomic mass is 10.2. The summed E-state index contributed by atoms with van der Waals surface area (Å²) in [5, 5.41) is 0. The highest BCUT2D eigenvalue weighted by molar-refractivity contribution is 9.10. The molecule has 78 valence electrons. The van der Waals surface area contributed by atoms with Crippen LogP contribution in [0.3, 0.4) is 0 Å². The van der Waals surface area contributed by atoms with Crippen molar-refractivity contribution in [2.45, 2.75) is 5.75 Å². The van der Waals surface area contributed by atoms with Gasteiger partial charge in [-0.15, -0.1) is 3.89 Å². The average molecular weight is 289 g/mol. The van der Waals surface area contributed by atoms with E-state index >= 15 is 0 Å². The molecule has 1 aromatic rings. The molecule has 0 saturated carbocycles. The molecule has 0 N–H and O–H groups in total. The van der Waals surface area contributed by atoms with Crippen LogP contribution in [0.25, 0.3) is 0 Å². The summed E-state index contributed by atoms with van der Waals surface area (Å²) in [7, 11) is -4.75. The van der Waals surface area contributed by atoms with E-state index in [1.165, 1.54) is 0 Å². The Hall–Kier alpha value is -0.560. The Bertz CT molecular complexity index is 458. The maximum atomic E-state index is 12.6. The summed E-state index contributed by atoms with van der Waals surface area (Å²) in [4.78, 5) is 0. The van der Waals surface area contributed by atoms with E-state index in [0.29, 0.717) is 6.07 Å². The van der Waals surface area contributed by atoms with Gasteiger partial charge in [-0.3, -0.25) is 0 Å². The zero-order valence-electron chi connectivity index (χ0n) is 6.60. The predicted molar refractivity (Wildman–Crippen MR) is 47.8 cm³/mol. The van der Waals surface area contributed by atoms with Crippen LogP contribution in [-0.2, 0) is 16.0 Å². The first-order valence-electron chi connectivity index (χ1n) is 3.35. The summed E-state index contributed by atoms with van der Waals surface area (Å²) in [5.41, 5.74) is -0.161. The van der Waals surface area contributed by atoms with Gasteiger partial charge in [0.25, 0.3) is 0 Å². The maximum Gasteiger partial charge on any atom is 0.306 e. The molecular weight excluding hydrogens is 285 g/mol. The summed E-state index contributed by atoms with van der Waals surface area (Å²) in [5.74, 6) is -3.33. The highest BCUT2D eigenvalue weighted by Crippen LogP contribution is 2.22. The predicted octanol–water partition coefficient (Wildman–Crippen LogP) is 2.53. The lowest BCUT2D eigenvalue weighted by Crippen LogP contribution is -1.99. The van der Waals surface area contributed by atoms with Gasteiger partial charge in [-0.1, -0.05) is 15.9 Å². The Kier molecular flexibility index (Phi) is 3.20. The van der Waals surface area contributed by atoms with Crippen molar-refractivity contribution in [2.75, 3.05) is 0 Å². The van der Waals surface area contributed by atoms with Crippen molar-refractivity contribution in [2.24, 2.45) is 0 Å². The number of hydrogen-bond acceptors (Lipinski definition) is 2. The molecule has 0 aliphatic rings. The molecule has 1 rings (SSSR count). The first-order valence-corrected chi connectivity index (χ1v) is 5.70. The van der Waals surface area contributed by atoms with Gasteiger partial charge in [0.15, 0.2) is 11.6 Å². The fraction of sp³-hybridized carbons (Fsp3) is 0.143. The van der Waals surface area contributed by atoms with Crippen molar-refractivity contribution in [1.29, 1.82) is 0 Å². The van der Waals surface area contributed by atoms with E-state index in [1.807, 2.05) is 0 Å². The zero-order valence-corrected chi connectivity index (χ0v) is 9.00. The van der Waals surface area contributed by atoms with Gasteiger partial charge in [-0.2, -0.15) is 8.42 Å². The number of hydrogen-bond donors (Lipinski definition) is 0. The largest absolute Gasteiger partial charge is 0.306 e. The minimum Gasteiger partial charge on any atom is -0.204 e. The fourth-order valence-corrected chi connectivity index (χ4v) is 2.11. The van der Waals surface area contributed by atoms with Gasteiger partial charge in [0.05, 0.1) is 0 Å². The third kappa shape index (κ3) is 2.98. The minimum absolute atomic E-state index is 0.0117. The molecule has 0 bridgehead atoms. The van der Waals surface area contributed by atoms with Gasteiger partial charge in [0, 0.05) is 4.47 Å². The van der Waals surface area contributed by atoms with Crippen LogP contribution < -0.4 is 0 Å². The number of halogens is 4. The van der Waals surface area contributed by atoms with Crippen LogP contribution in [0, 0.1) is 11.6 Å². The topological polar surface area (TPSA) is 34.1 Å². The van der Waals surface area contributed by atoms with Crippen LogP contribution in [-0.4, -0.2) is 8.42 Å². The lowest BCUT2D eigenvalue weighted by Gasteiger charge is -2.02. The summed E-state index contributed by atoms with van der Waals surface area (Å²) in [6.07, 6.45) is 0. The monoisotopic (exact) mass is 288 g/mol. The molecule has 1 aromatic carbocycles. The molecule has 0 spiro atoms. The summed E-state index contributed by atoms with van der Waals surface area (Å²) in [6, 6.07) is 1.38. The second-order valence-electron chi connectivity index (χ2n) is 2.54. The highest BCUT2D eigenvalue weighted by atomic mass is 79.9. The second-order valence-corrected chi connectivity index (χ2v) is 4.76. The van der Waals surface area contributed by atoms with Crippen molar-refractivity contribution in [3.8, 4) is 0 Å². The van der Waals surface area contributed by atoms with Crippen molar-refractivity contribution in [3.05, 3.63) is 33.8 Å². The normalized spacial score (nSPS) is 11.7. The van der Waals surface area contributed by atoms with Gasteiger partial charge in [0.2, 0.25) is 0 Å². The molecule has 0 heterocycles. The van der Waals surface area contributed by atoms with Gasteiger partial charge in [0.1, 0.15) is 5.75 Å². The Morgan fingerprint density at radius 1 is 1.21 bits per heavy atom. The maximum absolute atomic E-state index is 12.6. The third-order valence-corrected chi connectivity index (χ3v) is 2.81. The van der Waals surface area contributed by atoms with Crippen LogP contribution in [0.1, 0.15) is 5.56 Å². The van der Waals surface area contributed by atoms with Crippen LogP contribution in [0.15, 0.2) is 16.6 Å². The molecular formula is C7H4BrF3O2S. The summed E-state index contributed by atoms with van der Waals surface area (Å²) >= 11 is 2.80. The highest BCUT2D eigenvalue weighted by Gasteiger charge is 2.14. The van der Waals surface area contributed by atoms with Crippen LogP contribution in [0.2, 0.25) is 0 Å². The molecule has 0 aromatic heterocycles. The molecule has 7 heteroatoms. The van der Waals surface area contributed by atoms with Gasteiger partial charge < -0.3 is 0 Å². The number of rotatable bonds is 2. The van der Waals surface area contributed by atoms with E-state index in [9.17, 15) is 21.1 Å². The molecule has 0 unspecified atom stereocenters. The smallest absolute Gasteiger partial charge is 0.204 e. The zero-order chi connectivity index (χ0) is 10.9. The quantitative estimate of drug-likeness (QED) is 0.619. The molecule has 0 aliphatic carbocycles. The van der Waals surface area contributed by atoms with Crippen molar-refractivity contribution < 1.29 is 21.1 Å². The second kappa shape index (κ2) is 3.90. The van der Waals surface area contributed by atoms with Crippen LogP contribution in [0.4, 0.5) is 12.7 Å². The fourth-order valence-electron chi connectivity index (χ4n) is 0.860. The van der Waals surface area contributed by atoms with E-state index < -0.39 is 27.6 Å². The average Bonchev–Trinajstić information content (AvgIpc) is 1.97. The minimum atomic E-state index is -4.75. The van der Waals surface area contributed by atoms with Crippen LogP contribution >= 0.6 is 15.9 Å². The van der Waals surface area contributed by atoms with Crippen molar-refractivity contribution >= 4 is 26.2 Å². The lowest BCUT2D eigenvalue weighted by molar-refractivity contribution is 0.506. The van der Waals surface area contributed by atoms with Crippen molar-refractivity contribution in [3.63, 3.8) is 0 Å². The van der Waals surface area contributed by atoms with E-state index in [-0.39, 0.29) is 10.0 Å².